The number of aromatic nitrogens is 3. The smallest absolute Gasteiger partial charge is 0.317 e. The fourth-order valence-electron chi connectivity index (χ4n) is 3.85. The summed E-state index contributed by atoms with van der Waals surface area (Å²) in [7, 11) is 1.69. The van der Waals surface area contributed by atoms with Crippen molar-refractivity contribution in [2.45, 2.75) is 43.7 Å². The van der Waals surface area contributed by atoms with Gasteiger partial charge in [-0.05, 0) is 37.8 Å². The number of carbonyl (C=O) groups is 1. The fourth-order valence-corrected chi connectivity index (χ4v) is 3.85. The monoisotopic (exact) mass is 313 g/mol. The first-order valence-corrected chi connectivity index (χ1v) is 8.00. The molecule has 2 bridgehead atoms. The van der Waals surface area contributed by atoms with Crippen LogP contribution in [-0.4, -0.2) is 45.2 Å². The predicted octanol–water partition coefficient (Wildman–Crippen LogP) is 2.18. The summed E-state index contributed by atoms with van der Waals surface area (Å²) >= 11 is 0. The molecule has 0 spiro atoms. The van der Waals surface area contributed by atoms with Crippen LogP contribution in [0.1, 0.15) is 37.5 Å². The second kappa shape index (κ2) is 5.64. The Balaban J connectivity index is 1.53. The third kappa shape index (κ3) is 2.46. The molecule has 7 nitrogen and oxygen atoms in total. The number of amides is 2. The summed E-state index contributed by atoms with van der Waals surface area (Å²) in [6, 6.07) is 4.34. The van der Waals surface area contributed by atoms with Crippen molar-refractivity contribution in [3.8, 4) is 11.4 Å². The lowest BCUT2D eigenvalue weighted by molar-refractivity contribution is 0.132. The van der Waals surface area contributed by atoms with Crippen molar-refractivity contribution in [3.63, 3.8) is 0 Å². The maximum atomic E-state index is 12.0. The largest absolute Gasteiger partial charge is 0.341 e. The van der Waals surface area contributed by atoms with E-state index in [1.54, 1.807) is 19.4 Å². The SMILES string of the molecule is CNC(=O)N1[C@@H]2CC[C@H]1CC(c1nc(-c3cccnc3)no1)C2. The zero-order valence-electron chi connectivity index (χ0n) is 13.0. The summed E-state index contributed by atoms with van der Waals surface area (Å²) in [5, 5.41) is 6.83. The molecule has 7 heteroatoms. The molecule has 2 aliphatic heterocycles. The quantitative estimate of drug-likeness (QED) is 0.918. The van der Waals surface area contributed by atoms with Gasteiger partial charge < -0.3 is 14.7 Å². The standard InChI is InChI=1S/C16H19N5O2/c1-17-16(22)21-12-4-5-13(21)8-11(7-12)15-19-14(20-23-15)10-3-2-6-18-9-10/h2-3,6,9,11-13H,4-5,7-8H2,1H3,(H,17,22)/t11?,12-,13+. The maximum absolute atomic E-state index is 12.0. The lowest BCUT2D eigenvalue weighted by Gasteiger charge is -2.37. The third-order valence-corrected chi connectivity index (χ3v) is 4.89. The van der Waals surface area contributed by atoms with E-state index in [4.69, 9.17) is 4.52 Å². The maximum Gasteiger partial charge on any atom is 0.317 e. The molecule has 120 valence electrons. The van der Waals surface area contributed by atoms with E-state index in [0.29, 0.717) is 11.7 Å². The number of fused-ring (bicyclic) bond motifs is 2. The molecule has 2 aromatic heterocycles. The molecule has 2 saturated heterocycles. The van der Waals surface area contributed by atoms with Crippen molar-refractivity contribution in [2.24, 2.45) is 0 Å². The van der Waals surface area contributed by atoms with Crippen LogP contribution in [0, 0.1) is 0 Å². The molecule has 4 heterocycles. The van der Waals surface area contributed by atoms with Gasteiger partial charge in [0.05, 0.1) is 0 Å². The second-order valence-corrected chi connectivity index (χ2v) is 6.21. The van der Waals surface area contributed by atoms with Crippen molar-refractivity contribution in [1.29, 1.82) is 0 Å². The van der Waals surface area contributed by atoms with Gasteiger partial charge >= 0.3 is 6.03 Å². The summed E-state index contributed by atoms with van der Waals surface area (Å²) in [6.45, 7) is 0. The van der Waals surface area contributed by atoms with Crippen molar-refractivity contribution < 1.29 is 9.32 Å². The lowest BCUT2D eigenvalue weighted by Crippen LogP contribution is -2.49. The predicted molar refractivity (Wildman–Crippen MR) is 82.6 cm³/mol. The molecular weight excluding hydrogens is 294 g/mol. The van der Waals surface area contributed by atoms with Crippen LogP contribution in [0.2, 0.25) is 0 Å². The highest BCUT2D eigenvalue weighted by molar-refractivity contribution is 5.75. The van der Waals surface area contributed by atoms with Crippen LogP contribution in [0.25, 0.3) is 11.4 Å². The van der Waals surface area contributed by atoms with Crippen LogP contribution in [0.5, 0.6) is 0 Å². The highest BCUT2D eigenvalue weighted by Gasteiger charge is 2.44. The molecule has 0 aromatic carbocycles. The molecule has 23 heavy (non-hydrogen) atoms. The van der Waals surface area contributed by atoms with Gasteiger partial charge in [0.15, 0.2) is 0 Å². The van der Waals surface area contributed by atoms with Crippen LogP contribution in [-0.2, 0) is 0 Å². The molecule has 2 aliphatic rings. The van der Waals surface area contributed by atoms with Crippen LogP contribution >= 0.6 is 0 Å². The van der Waals surface area contributed by atoms with Gasteiger partial charge in [-0.15, -0.1) is 0 Å². The minimum atomic E-state index is 0.0255. The fraction of sp³-hybridized carbons (Fsp3) is 0.500. The minimum Gasteiger partial charge on any atom is -0.341 e. The summed E-state index contributed by atoms with van der Waals surface area (Å²) in [5.41, 5.74) is 0.855. The Kier molecular flexibility index (Phi) is 3.48. The normalized spacial score (nSPS) is 26.3. The highest BCUT2D eigenvalue weighted by Crippen LogP contribution is 2.42. The molecule has 1 N–H and O–H groups in total. The zero-order valence-corrected chi connectivity index (χ0v) is 13.0. The van der Waals surface area contributed by atoms with Crippen molar-refractivity contribution in [1.82, 2.24) is 25.3 Å². The van der Waals surface area contributed by atoms with E-state index < -0.39 is 0 Å². The van der Waals surface area contributed by atoms with E-state index in [1.807, 2.05) is 17.0 Å². The van der Waals surface area contributed by atoms with Crippen LogP contribution in [0.4, 0.5) is 4.79 Å². The van der Waals surface area contributed by atoms with Crippen LogP contribution < -0.4 is 5.32 Å². The molecule has 2 aromatic rings. The molecule has 3 atom stereocenters. The molecule has 2 fully saturated rings. The number of nitrogens with one attached hydrogen (secondary N) is 1. The van der Waals surface area contributed by atoms with E-state index in [1.165, 1.54) is 0 Å². The molecule has 1 unspecified atom stereocenters. The lowest BCUT2D eigenvalue weighted by atomic mass is 9.91. The van der Waals surface area contributed by atoms with Gasteiger partial charge in [0.25, 0.3) is 0 Å². The van der Waals surface area contributed by atoms with E-state index in [-0.39, 0.29) is 24.0 Å². The molecule has 0 aliphatic carbocycles. The molecule has 2 amide bonds. The van der Waals surface area contributed by atoms with Gasteiger partial charge in [0.1, 0.15) is 0 Å². The van der Waals surface area contributed by atoms with Gasteiger partial charge in [-0.25, -0.2) is 4.79 Å². The summed E-state index contributed by atoms with van der Waals surface area (Å²) in [5.74, 6) is 1.48. The van der Waals surface area contributed by atoms with E-state index in [2.05, 4.69) is 20.4 Å². The number of nitrogens with zero attached hydrogens (tertiary/aromatic N) is 4. The third-order valence-electron chi connectivity index (χ3n) is 4.89. The average Bonchev–Trinajstić information content (AvgIpc) is 3.18. The first kappa shape index (κ1) is 14.2. The topological polar surface area (TPSA) is 84.2 Å². The highest BCUT2D eigenvalue weighted by atomic mass is 16.5. The van der Waals surface area contributed by atoms with Gasteiger partial charge in [0.2, 0.25) is 11.7 Å². The number of piperidine rings is 1. The Labute approximate surface area is 134 Å². The minimum absolute atomic E-state index is 0.0255. The van der Waals surface area contributed by atoms with E-state index >= 15 is 0 Å². The number of rotatable bonds is 2. The van der Waals surface area contributed by atoms with Gasteiger partial charge in [-0.3, -0.25) is 4.98 Å². The molecular formula is C16H19N5O2. The first-order chi connectivity index (χ1) is 11.3. The Morgan fingerprint density at radius 2 is 2.13 bits per heavy atom. The zero-order chi connectivity index (χ0) is 15.8. The number of pyridine rings is 1. The van der Waals surface area contributed by atoms with Gasteiger partial charge in [0, 0.05) is 43.0 Å². The Morgan fingerprint density at radius 1 is 1.35 bits per heavy atom. The summed E-state index contributed by atoms with van der Waals surface area (Å²) in [6.07, 6.45) is 7.33. The van der Waals surface area contributed by atoms with Crippen LogP contribution in [0.3, 0.4) is 0 Å². The van der Waals surface area contributed by atoms with E-state index in [9.17, 15) is 4.79 Å². The van der Waals surface area contributed by atoms with Gasteiger partial charge in [-0.2, -0.15) is 4.98 Å². The molecule has 4 rings (SSSR count). The van der Waals surface area contributed by atoms with Crippen molar-refractivity contribution >= 4 is 6.03 Å². The second-order valence-electron chi connectivity index (χ2n) is 6.21. The van der Waals surface area contributed by atoms with Gasteiger partial charge in [-0.1, -0.05) is 5.16 Å². The molecule has 0 saturated carbocycles. The van der Waals surface area contributed by atoms with Crippen LogP contribution in [0.15, 0.2) is 29.0 Å². The average molecular weight is 313 g/mol. The van der Waals surface area contributed by atoms with E-state index in [0.717, 1.165) is 31.2 Å². The Bertz CT molecular complexity index is 688. The Morgan fingerprint density at radius 3 is 2.78 bits per heavy atom. The summed E-state index contributed by atoms with van der Waals surface area (Å²) < 4.78 is 5.50. The number of carbonyl (C=O) groups excluding carboxylic acids is 1. The number of urea groups is 1. The van der Waals surface area contributed by atoms with Crippen molar-refractivity contribution in [2.75, 3.05) is 7.05 Å². The summed E-state index contributed by atoms with van der Waals surface area (Å²) in [4.78, 5) is 22.6. The number of hydrogen-bond donors (Lipinski definition) is 1. The van der Waals surface area contributed by atoms with Crippen molar-refractivity contribution in [3.05, 3.63) is 30.4 Å². The first-order valence-electron chi connectivity index (χ1n) is 8.00. The molecule has 0 radical (unpaired) electrons. The Hall–Kier alpha value is -2.44. The number of hydrogen-bond acceptors (Lipinski definition) is 5.